The first-order valence-electron chi connectivity index (χ1n) is 9.72. The number of nitrogens with zero attached hydrogens (tertiary/aromatic N) is 5. The highest BCUT2D eigenvalue weighted by Gasteiger charge is 2.26. The molecule has 1 aliphatic rings. The second kappa shape index (κ2) is 8.57. The van der Waals surface area contributed by atoms with E-state index < -0.39 is 29.4 Å². The molecule has 3 aromatic rings. The zero-order valence-electron chi connectivity index (χ0n) is 17.0. The lowest BCUT2D eigenvalue weighted by Gasteiger charge is -2.14. The molecule has 0 fully saturated rings. The molecule has 0 spiro atoms. The van der Waals surface area contributed by atoms with Crippen molar-refractivity contribution in [1.29, 1.82) is 5.26 Å². The molecule has 164 valence electrons. The number of fused-ring (bicyclic) bond motifs is 1. The van der Waals surface area contributed by atoms with Crippen LogP contribution in [0.3, 0.4) is 0 Å². The summed E-state index contributed by atoms with van der Waals surface area (Å²) in [4.78, 5) is 12.5. The van der Waals surface area contributed by atoms with Gasteiger partial charge >= 0.3 is 0 Å². The van der Waals surface area contributed by atoms with Crippen LogP contribution in [0, 0.1) is 11.3 Å². The molecule has 0 bridgehead atoms. The largest absolute Gasteiger partial charge is 0.290 e. The summed E-state index contributed by atoms with van der Waals surface area (Å²) in [5.41, 5.74) is 2.98. The minimum atomic E-state index is -4.21. The van der Waals surface area contributed by atoms with Crippen molar-refractivity contribution < 1.29 is 17.2 Å². The van der Waals surface area contributed by atoms with Crippen LogP contribution >= 0.6 is 0 Å². The predicted molar refractivity (Wildman–Crippen MR) is 114 cm³/mol. The van der Waals surface area contributed by atoms with Crippen molar-refractivity contribution in [3.8, 4) is 17.6 Å². The summed E-state index contributed by atoms with van der Waals surface area (Å²) < 4.78 is 53.9. The number of aromatic nitrogens is 4. The Labute approximate surface area is 183 Å². The van der Waals surface area contributed by atoms with E-state index in [1.165, 1.54) is 0 Å². The van der Waals surface area contributed by atoms with Gasteiger partial charge < -0.3 is 0 Å². The molecule has 0 amide bonds. The number of aryl methyl sites for hydroxylation is 1. The number of halogens is 2. The first-order valence-corrected chi connectivity index (χ1v) is 11.2. The monoisotopic (exact) mass is 456 g/mol. The van der Waals surface area contributed by atoms with Crippen molar-refractivity contribution in [2.75, 3.05) is 13.3 Å². The highest BCUT2D eigenvalue weighted by Crippen LogP contribution is 2.35. The number of hydrogen-bond donors (Lipinski definition) is 1. The number of alkyl halides is 2. The molecule has 3 aromatic heterocycles. The smallest absolute Gasteiger partial charge is 0.244 e. The van der Waals surface area contributed by atoms with Crippen LogP contribution in [-0.4, -0.2) is 47.3 Å². The number of pyridine rings is 1. The Hall–Kier alpha value is -3.49. The van der Waals surface area contributed by atoms with Gasteiger partial charge in [-0.1, -0.05) is 13.0 Å². The van der Waals surface area contributed by atoms with E-state index >= 15 is 0 Å². The van der Waals surface area contributed by atoms with Gasteiger partial charge in [-0.3, -0.25) is 4.57 Å². The van der Waals surface area contributed by atoms with Crippen LogP contribution in [0.15, 0.2) is 47.8 Å². The summed E-state index contributed by atoms with van der Waals surface area (Å²) in [6.07, 6.45) is 10.1. The minimum absolute atomic E-state index is 0.116. The quantitative estimate of drug-likeness (QED) is 0.558. The third-order valence-corrected chi connectivity index (χ3v) is 6.50. The molecule has 0 atom stereocenters. The van der Waals surface area contributed by atoms with Gasteiger partial charge in [0.1, 0.15) is 35.7 Å². The van der Waals surface area contributed by atoms with Crippen LogP contribution in [-0.2, 0) is 16.4 Å². The molecule has 0 radical (unpaired) electrons. The standard InChI is InChI=1S/C21H18F2N6O2S/c1-2-13-6-17-18(9-24)19(29(15-4-3-5-15)21(17)27-10-13)20-25-11-16(12-26-20)32(30,31)28-14(7-22)8-23/h3-6,10-12,14,28H,2,7-8H2,1H3. The average Bonchev–Trinajstić information content (AvgIpc) is 3.09. The summed E-state index contributed by atoms with van der Waals surface area (Å²) in [6.45, 7) is -0.387. The Morgan fingerprint density at radius 1 is 1.19 bits per heavy atom. The zero-order chi connectivity index (χ0) is 22.9. The Morgan fingerprint density at radius 2 is 1.88 bits per heavy atom. The lowest BCUT2D eigenvalue weighted by atomic mass is 10.1. The normalized spacial score (nSPS) is 13.3. The van der Waals surface area contributed by atoms with Crippen molar-refractivity contribution in [3.05, 3.63) is 54.0 Å². The maximum absolute atomic E-state index is 12.7. The number of rotatable bonds is 8. The van der Waals surface area contributed by atoms with Crippen molar-refractivity contribution in [2.45, 2.75) is 24.3 Å². The van der Waals surface area contributed by atoms with Gasteiger partial charge in [0.25, 0.3) is 0 Å². The molecule has 11 heteroatoms. The molecule has 0 saturated heterocycles. The predicted octanol–water partition coefficient (Wildman–Crippen LogP) is 2.92. The van der Waals surface area contributed by atoms with Crippen molar-refractivity contribution in [1.82, 2.24) is 24.2 Å². The van der Waals surface area contributed by atoms with Crippen LogP contribution in [0.5, 0.6) is 0 Å². The zero-order valence-corrected chi connectivity index (χ0v) is 17.8. The van der Waals surface area contributed by atoms with E-state index in [9.17, 15) is 22.5 Å². The maximum atomic E-state index is 12.7. The number of nitriles is 1. The van der Waals surface area contributed by atoms with Crippen molar-refractivity contribution in [2.24, 2.45) is 0 Å². The molecule has 4 rings (SSSR count). The summed E-state index contributed by atoms with van der Waals surface area (Å²) in [6, 6.07) is 2.60. The Morgan fingerprint density at radius 3 is 2.41 bits per heavy atom. The van der Waals surface area contributed by atoms with Gasteiger partial charge in [0.2, 0.25) is 10.0 Å². The van der Waals surface area contributed by atoms with Gasteiger partial charge in [0.05, 0.1) is 24.0 Å². The van der Waals surface area contributed by atoms with Crippen LogP contribution < -0.4 is 4.72 Å². The molecule has 0 saturated carbocycles. The molecule has 3 heterocycles. The van der Waals surface area contributed by atoms with E-state index in [0.717, 1.165) is 30.1 Å². The molecule has 0 aliphatic heterocycles. The minimum Gasteiger partial charge on any atom is -0.290 e. The highest BCUT2D eigenvalue weighted by atomic mass is 32.2. The van der Waals surface area contributed by atoms with E-state index in [1.54, 1.807) is 10.8 Å². The summed E-state index contributed by atoms with van der Waals surface area (Å²) >= 11 is 0. The third kappa shape index (κ3) is 3.68. The average molecular weight is 456 g/mol. The van der Waals surface area contributed by atoms with Gasteiger partial charge in [-0.2, -0.15) is 5.26 Å². The molecular weight excluding hydrogens is 438 g/mol. The SMILES string of the molecule is CCc1cnc2c(c1)c(C#N)c(-c1ncc(S(=O)(=O)NC(CF)CF)cn1)n2C1=CC=C1. The van der Waals surface area contributed by atoms with Crippen LogP contribution in [0.2, 0.25) is 0 Å². The van der Waals surface area contributed by atoms with Crippen LogP contribution in [0.25, 0.3) is 28.2 Å². The van der Waals surface area contributed by atoms with Gasteiger partial charge in [-0.05, 0) is 30.2 Å². The molecule has 0 aromatic carbocycles. The van der Waals surface area contributed by atoms with E-state index in [0.29, 0.717) is 22.3 Å². The fourth-order valence-corrected chi connectivity index (χ4v) is 4.36. The number of sulfonamides is 1. The van der Waals surface area contributed by atoms with Crippen LogP contribution in [0.4, 0.5) is 8.78 Å². The second-order valence-electron chi connectivity index (χ2n) is 7.06. The number of allylic oxidation sites excluding steroid dienone is 4. The van der Waals surface area contributed by atoms with Gasteiger partial charge in [0.15, 0.2) is 5.82 Å². The molecule has 32 heavy (non-hydrogen) atoms. The Kier molecular flexibility index (Phi) is 5.82. The lowest BCUT2D eigenvalue weighted by molar-refractivity contribution is 0.334. The highest BCUT2D eigenvalue weighted by molar-refractivity contribution is 7.89. The van der Waals surface area contributed by atoms with Crippen molar-refractivity contribution >= 4 is 26.8 Å². The molecular formula is C21H18F2N6O2S. The summed E-state index contributed by atoms with van der Waals surface area (Å²) in [5, 5.41) is 10.5. The van der Waals surface area contributed by atoms with Gasteiger partial charge in [0, 0.05) is 17.3 Å². The summed E-state index contributed by atoms with van der Waals surface area (Å²) in [7, 11) is -4.21. The Balaban J connectivity index is 1.84. The van der Waals surface area contributed by atoms with Crippen LogP contribution in [0.1, 0.15) is 18.1 Å². The summed E-state index contributed by atoms with van der Waals surface area (Å²) in [5.74, 6) is 0.116. The first-order chi connectivity index (χ1) is 15.4. The van der Waals surface area contributed by atoms with E-state index in [2.05, 4.69) is 21.0 Å². The van der Waals surface area contributed by atoms with E-state index in [1.807, 2.05) is 35.9 Å². The fourth-order valence-electron chi connectivity index (χ4n) is 3.28. The fraction of sp³-hybridized carbons (Fsp3) is 0.238. The molecule has 8 nitrogen and oxygen atoms in total. The van der Waals surface area contributed by atoms with E-state index in [4.69, 9.17) is 0 Å². The lowest BCUT2D eigenvalue weighted by Crippen LogP contribution is -2.38. The van der Waals surface area contributed by atoms with Crippen molar-refractivity contribution in [3.63, 3.8) is 0 Å². The maximum Gasteiger partial charge on any atom is 0.244 e. The molecule has 0 unspecified atom stereocenters. The Bertz CT molecular complexity index is 1380. The molecule has 1 aliphatic carbocycles. The second-order valence-corrected chi connectivity index (χ2v) is 8.77. The third-order valence-electron chi connectivity index (χ3n) is 5.02. The van der Waals surface area contributed by atoms with Gasteiger partial charge in [-0.15, -0.1) is 0 Å². The number of nitrogens with one attached hydrogen (secondary N) is 1. The first kappa shape index (κ1) is 21.7. The number of hydrogen-bond acceptors (Lipinski definition) is 6. The van der Waals surface area contributed by atoms with E-state index in [-0.39, 0.29) is 10.7 Å². The topological polar surface area (TPSA) is 114 Å². The van der Waals surface area contributed by atoms with Gasteiger partial charge in [-0.25, -0.2) is 36.9 Å². The molecule has 1 N–H and O–H groups in total.